The standard InChI is InChI=1S/C32H52N8O5/c1-18(2)15-23-28(42)38-25(17-21-11-8-7-9-12-21)30(44)36-22(13-10-14-35-32(33)34)27(41)40-26(20(5)6)31(45)39-24(16-19(3)4)29(43)37-23/h7-9,11-12,18-20,22-26H,10,13-17H2,1-6H3,(H,36,44)(H,37,43)(H,38,42)(H,39,45)(H,40,41)(H4,33,34,35)/t22-,23-,24+,25+,26-/m1/s1. The number of carbonyl (C=O) groups excluding carboxylic acids is 5. The van der Waals surface area contributed by atoms with Crippen LogP contribution in [0.25, 0.3) is 0 Å². The van der Waals surface area contributed by atoms with Crippen LogP contribution < -0.4 is 38.1 Å². The van der Waals surface area contributed by atoms with Crippen LogP contribution in [0, 0.1) is 17.8 Å². The fourth-order valence-corrected chi connectivity index (χ4v) is 5.10. The lowest BCUT2D eigenvalue weighted by Gasteiger charge is -2.28. The fourth-order valence-electron chi connectivity index (χ4n) is 5.10. The molecule has 5 atom stereocenters. The van der Waals surface area contributed by atoms with Gasteiger partial charge in [-0.1, -0.05) is 71.9 Å². The van der Waals surface area contributed by atoms with Gasteiger partial charge in [-0.15, -0.1) is 0 Å². The zero-order valence-corrected chi connectivity index (χ0v) is 27.4. The minimum Gasteiger partial charge on any atom is -0.370 e. The smallest absolute Gasteiger partial charge is 0.243 e. The van der Waals surface area contributed by atoms with Crippen LogP contribution in [0.1, 0.15) is 72.8 Å². The Morgan fingerprint density at radius 3 is 1.64 bits per heavy atom. The summed E-state index contributed by atoms with van der Waals surface area (Å²) in [5.74, 6) is -3.10. The van der Waals surface area contributed by atoms with Gasteiger partial charge in [-0.3, -0.25) is 29.0 Å². The zero-order chi connectivity index (χ0) is 33.7. The molecule has 1 aliphatic rings. The molecular formula is C32H52N8O5. The first-order chi connectivity index (χ1) is 21.2. The van der Waals surface area contributed by atoms with E-state index in [0.29, 0.717) is 19.3 Å². The normalized spacial score (nSPS) is 23.8. The molecule has 1 aromatic carbocycles. The minimum atomic E-state index is -1.06. The lowest BCUT2D eigenvalue weighted by Crippen LogP contribution is -2.59. The fraction of sp³-hybridized carbons (Fsp3) is 0.625. The highest BCUT2D eigenvalue weighted by molar-refractivity contribution is 5.98. The van der Waals surface area contributed by atoms with Gasteiger partial charge in [0.2, 0.25) is 29.5 Å². The predicted octanol–water partition coefficient (Wildman–Crippen LogP) is 0.469. The predicted molar refractivity (Wildman–Crippen MR) is 173 cm³/mol. The van der Waals surface area contributed by atoms with Crippen molar-refractivity contribution in [3.05, 3.63) is 35.9 Å². The maximum Gasteiger partial charge on any atom is 0.243 e. The number of nitrogens with one attached hydrogen (secondary N) is 5. The molecule has 250 valence electrons. The topological polar surface area (TPSA) is 210 Å². The summed E-state index contributed by atoms with van der Waals surface area (Å²) < 4.78 is 0. The first-order valence-electron chi connectivity index (χ1n) is 15.8. The molecule has 13 heteroatoms. The summed E-state index contributed by atoms with van der Waals surface area (Å²) >= 11 is 0. The van der Waals surface area contributed by atoms with E-state index in [0.717, 1.165) is 5.56 Å². The van der Waals surface area contributed by atoms with E-state index in [-0.39, 0.29) is 43.1 Å². The second-order valence-electron chi connectivity index (χ2n) is 12.9. The van der Waals surface area contributed by atoms with Gasteiger partial charge in [-0.05, 0) is 49.0 Å². The molecule has 1 aromatic rings. The molecule has 1 heterocycles. The average Bonchev–Trinajstić information content (AvgIpc) is 2.95. The third-order valence-electron chi connectivity index (χ3n) is 7.42. The van der Waals surface area contributed by atoms with Gasteiger partial charge in [0, 0.05) is 13.0 Å². The number of guanidine groups is 1. The van der Waals surface area contributed by atoms with Crippen molar-refractivity contribution in [2.45, 2.75) is 104 Å². The maximum atomic E-state index is 13.8. The maximum absolute atomic E-state index is 13.8. The molecule has 1 saturated heterocycles. The summed E-state index contributed by atoms with van der Waals surface area (Å²) in [5.41, 5.74) is 11.7. The number of rotatable bonds is 11. The number of nitrogens with zero attached hydrogens (tertiary/aromatic N) is 1. The molecule has 13 nitrogen and oxygen atoms in total. The Bertz CT molecular complexity index is 1180. The Kier molecular flexibility index (Phi) is 14.8. The molecule has 0 unspecified atom stereocenters. The molecule has 0 spiro atoms. The lowest BCUT2D eigenvalue weighted by molar-refractivity contribution is -0.135. The molecule has 0 saturated carbocycles. The molecule has 0 aliphatic carbocycles. The van der Waals surface area contributed by atoms with E-state index in [2.05, 4.69) is 31.6 Å². The Morgan fingerprint density at radius 1 is 0.667 bits per heavy atom. The number of nitrogens with two attached hydrogens (primary N) is 2. The van der Waals surface area contributed by atoms with Crippen LogP contribution in [0.3, 0.4) is 0 Å². The third kappa shape index (κ3) is 12.8. The summed E-state index contributed by atoms with van der Waals surface area (Å²) in [6.45, 7) is 11.5. The van der Waals surface area contributed by atoms with E-state index in [1.165, 1.54) is 0 Å². The van der Waals surface area contributed by atoms with Crippen LogP contribution in [0.4, 0.5) is 0 Å². The molecular weight excluding hydrogens is 576 g/mol. The highest BCUT2D eigenvalue weighted by Crippen LogP contribution is 2.13. The Balaban J connectivity index is 2.58. The zero-order valence-electron chi connectivity index (χ0n) is 27.4. The van der Waals surface area contributed by atoms with Gasteiger partial charge >= 0.3 is 0 Å². The third-order valence-corrected chi connectivity index (χ3v) is 7.42. The monoisotopic (exact) mass is 628 g/mol. The van der Waals surface area contributed by atoms with Crippen LogP contribution in [0.15, 0.2) is 35.3 Å². The molecule has 45 heavy (non-hydrogen) atoms. The molecule has 0 bridgehead atoms. The van der Waals surface area contributed by atoms with Crippen LogP contribution in [-0.4, -0.2) is 72.2 Å². The summed E-state index contributed by atoms with van der Waals surface area (Å²) in [4.78, 5) is 72.3. The highest BCUT2D eigenvalue weighted by atomic mass is 16.2. The summed E-state index contributed by atoms with van der Waals surface area (Å²) in [5, 5.41) is 14.0. The van der Waals surface area contributed by atoms with Crippen molar-refractivity contribution in [3.63, 3.8) is 0 Å². The van der Waals surface area contributed by atoms with Crippen molar-refractivity contribution in [2.75, 3.05) is 6.54 Å². The number of aliphatic imine (C=N–C) groups is 1. The van der Waals surface area contributed by atoms with Gasteiger partial charge < -0.3 is 38.1 Å². The van der Waals surface area contributed by atoms with Crippen molar-refractivity contribution < 1.29 is 24.0 Å². The molecule has 0 radical (unpaired) electrons. The van der Waals surface area contributed by atoms with Crippen LogP contribution in [0.5, 0.6) is 0 Å². The van der Waals surface area contributed by atoms with Crippen LogP contribution in [-0.2, 0) is 30.4 Å². The van der Waals surface area contributed by atoms with Crippen molar-refractivity contribution in [3.8, 4) is 0 Å². The number of carbonyl (C=O) groups is 5. The quantitative estimate of drug-likeness (QED) is 0.105. The second-order valence-corrected chi connectivity index (χ2v) is 12.9. The average molecular weight is 629 g/mol. The van der Waals surface area contributed by atoms with E-state index in [9.17, 15) is 24.0 Å². The summed E-state index contributed by atoms with van der Waals surface area (Å²) in [7, 11) is 0. The van der Waals surface area contributed by atoms with E-state index in [1.54, 1.807) is 13.8 Å². The highest BCUT2D eigenvalue weighted by Gasteiger charge is 2.35. The van der Waals surface area contributed by atoms with Crippen LogP contribution in [0.2, 0.25) is 0 Å². The molecule has 0 aromatic heterocycles. The molecule has 1 aliphatic heterocycles. The lowest BCUT2D eigenvalue weighted by atomic mass is 9.98. The minimum absolute atomic E-state index is 0.0319. The van der Waals surface area contributed by atoms with E-state index in [1.807, 2.05) is 58.0 Å². The number of amides is 5. The second kappa shape index (κ2) is 18.0. The number of hydrogen-bond donors (Lipinski definition) is 7. The van der Waals surface area contributed by atoms with E-state index < -0.39 is 59.7 Å². The largest absolute Gasteiger partial charge is 0.370 e. The number of benzene rings is 1. The number of hydrogen-bond acceptors (Lipinski definition) is 6. The van der Waals surface area contributed by atoms with Crippen LogP contribution >= 0.6 is 0 Å². The van der Waals surface area contributed by atoms with Crippen molar-refractivity contribution in [1.82, 2.24) is 26.6 Å². The molecule has 1 fully saturated rings. The van der Waals surface area contributed by atoms with Crippen molar-refractivity contribution in [2.24, 2.45) is 34.2 Å². The molecule has 2 rings (SSSR count). The Hall–Kier alpha value is -4.16. The van der Waals surface area contributed by atoms with Crippen molar-refractivity contribution >= 4 is 35.5 Å². The Morgan fingerprint density at radius 2 is 1.13 bits per heavy atom. The summed E-state index contributed by atoms with van der Waals surface area (Å²) in [6.07, 6.45) is 1.29. The van der Waals surface area contributed by atoms with Gasteiger partial charge in [-0.2, -0.15) is 0 Å². The summed E-state index contributed by atoms with van der Waals surface area (Å²) in [6, 6.07) is 4.16. The molecule has 9 N–H and O–H groups in total. The van der Waals surface area contributed by atoms with E-state index >= 15 is 0 Å². The van der Waals surface area contributed by atoms with Crippen molar-refractivity contribution in [1.29, 1.82) is 0 Å². The van der Waals surface area contributed by atoms with Gasteiger partial charge in [0.15, 0.2) is 5.96 Å². The van der Waals surface area contributed by atoms with E-state index in [4.69, 9.17) is 11.5 Å². The van der Waals surface area contributed by atoms with Gasteiger partial charge in [0.05, 0.1) is 0 Å². The van der Waals surface area contributed by atoms with Gasteiger partial charge in [0.25, 0.3) is 0 Å². The SMILES string of the molecule is CC(C)C[C@@H]1NC(=O)[C@@H](C(C)C)NC(=O)[C@@H](CCCN=C(N)N)NC(=O)[C@H](Cc2ccccc2)NC(=O)[C@@H](CC(C)C)NC1=O. The first kappa shape index (κ1) is 37.0. The first-order valence-corrected chi connectivity index (χ1v) is 15.8. The van der Waals surface area contributed by atoms with Gasteiger partial charge in [-0.25, -0.2) is 0 Å². The Labute approximate surface area is 266 Å². The molecule has 5 amide bonds. The van der Waals surface area contributed by atoms with Gasteiger partial charge in [0.1, 0.15) is 30.2 Å².